The minimum absolute atomic E-state index is 0.0684. The van der Waals surface area contributed by atoms with Gasteiger partial charge in [0.2, 0.25) is 0 Å². The number of Topliss-reactive ketones (excluding diaryl/α,β-unsaturated/α-hetero) is 1. The normalized spacial score (nSPS) is 54.5. The van der Waals surface area contributed by atoms with Crippen LogP contribution in [0.15, 0.2) is 11.6 Å². The molecule has 0 unspecified atom stereocenters. The molecule has 2 heteroatoms. The summed E-state index contributed by atoms with van der Waals surface area (Å²) in [5, 5.41) is 10.1. The van der Waals surface area contributed by atoms with Gasteiger partial charge in [-0.1, -0.05) is 19.9 Å². The number of rotatable bonds is 0. The molecule has 2 nitrogen and oxygen atoms in total. The lowest BCUT2D eigenvalue weighted by Crippen LogP contribution is -2.53. The highest BCUT2D eigenvalue weighted by molar-refractivity contribution is 5.99. The number of aliphatic hydroxyl groups excluding tert-OH is 1. The quantitative estimate of drug-likeness (QED) is 0.667. The standard InChI is InChI=1S/C21H32O2/c1-4-16-19(23)12-18-15-6-5-13-11-14(22)7-9-20(13,2)17(15)8-10-21(16,18)3/h4,13-15,17-18,22H,5-12H2,1-3H3/t13-,14+,15+,17-,18-,20-,21+/m0/s1. The van der Waals surface area contributed by atoms with Crippen LogP contribution in [-0.4, -0.2) is 17.0 Å². The number of hydrogen-bond acceptors (Lipinski definition) is 2. The molecule has 4 rings (SSSR count). The van der Waals surface area contributed by atoms with Gasteiger partial charge in [-0.05, 0) is 91.9 Å². The van der Waals surface area contributed by atoms with Crippen LogP contribution in [0.1, 0.15) is 72.1 Å². The lowest BCUT2D eigenvalue weighted by Gasteiger charge is -2.60. The molecule has 4 aliphatic carbocycles. The average Bonchev–Trinajstić information content (AvgIpc) is 2.77. The van der Waals surface area contributed by atoms with Crippen LogP contribution in [-0.2, 0) is 4.79 Å². The van der Waals surface area contributed by atoms with Crippen molar-refractivity contribution in [2.75, 3.05) is 0 Å². The van der Waals surface area contributed by atoms with Crippen molar-refractivity contribution in [3.05, 3.63) is 11.6 Å². The van der Waals surface area contributed by atoms with E-state index in [1.807, 2.05) is 6.92 Å². The SMILES string of the molecule is CC=C1C(=O)C[C@H]2[C@@H]3CC[C@H]4C[C@H](O)CC[C@]4(C)[C@H]3CC[C@]12C. The Balaban J connectivity index is 1.66. The minimum atomic E-state index is -0.0684. The molecular weight excluding hydrogens is 284 g/mol. The summed E-state index contributed by atoms with van der Waals surface area (Å²) < 4.78 is 0. The molecule has 0 aromatic carbocycles. The van der Waals surface area contributed by atoms with Crippen molar-refractivity contribution in [1.82, 2.24) is 0 Å². The van der Waals surface area contributed by atoms with E-state index in [0.717, 1.165) is 36.7 Å². The first kappa shape index (κ1) is 15.9. The maximum Gasteiger partial charge on any atom is 0.159 e. The predicted molar refractivity (Wildman–Crippen MR) is 91.9 cm³/mol. The van der Waals surface area contributed by atoms with Crippen LogP contribution in [0.25, 0.3) is 0 Å². The Morgan fingerprint density at radius 2 is 1.87 bits per heavy atom. The molecule has 0 aromatic rings. The molecule has 0 bridgehead atoms. The Kier molecular flexibility index (Phi) is 3.58. The van der Waals surface area contributed by atoms with Crippen molar-refractivity contribution in [1.29, 1.82) is 0 Å². The second-order valence-corrected chi connectivity index (χ2v) is 9.37. The van der Waals surface area contributed by atoms with Gasteiger partial charge in [0, 0.05) is 6.42 Å². The topological polar surface area (TPSA) is 37.3 Å². The lowest BCUT2D eigenvalue weighted by molar-refractivity contribution is -0.120. The monoisotopic (exact) mass is 316 g/mol. The molecule has 23 heavy (non-hydrogen) atoms. The molecule has 0 heterocycles. The number of carbonyl (C=O) groups is 1. The van der Waals surface area contributed by atoms with E-state index in [4.69, 9.17) is 0 Å². The molecule has 4 fully saturated rings. The highest BCUT2D eigenvalue weighted by Crippen LogP contribution is 2.66. The maximum absolute atomic E-state index is 12.6. The summed E-state index contributed by atoms with van der Waals surface area (Å²) in [7, 11) is 0. The van der Waals surface area contributed by atoms with Crippen molar-refractivity contribution in [2.24, 2.45) is 34.5 Å². The summed E-state index contributed by atoms with van der Waals surface area (Å²) in [5.41, 5.74) is 1.68. The Morgan fingerprint density at radius 3 is 2.61 bits per heavy atom. The van der Waals surface area contributed by atoms with E-state index in [1.54, 1.807) is 0 Å². The first-order valence-electron chi connectivity index (χ1n) is 9.78. The van der Waals surface area contributed by atoms with Crippen molar-refractivity contribution in [3.8, 4) is 0 Å². The summed E-state index contributed by atoms with van der Waals surface area (Å²) >= 11 is 0. The summed E-state index contributed by atoms with van der Waals surface area (Å²) in [6.07, 6.45) is 11.0. The van der Waals surface area contributed by atoms with Gasteiger partial charge >= 0.3 is 0 Å². The number of hydrogen-bond donors (Lipinski definition) is 1. The molecule has 1 N–H and O–H groups in total. The van der Waals surface area contributed by atoms with E-state index in [0.29, 0.717) is 23.0 Å². The molecule has 128 valence electrons. The molecule has 7 atom stereocenters. The van der Waals surface area contributed by atoms with E-state index >= 15 is 0 Å². The van der Waals surface area contributed by atoms with Crippen molar-refractivity contribution >= 4 is 5.78 Å². The van der Waals surface area contributed by atoms with Crippen LogP contribution in [0.2, 0.25) is 0 Å². The highest BCUT2D eigenvalue weighted by atomic mass is 16.3. The van der Waals surface area contributed by atoms with Crippen LogP contribution >= 0.6 is 0 Å². The minimum Gasteiger partial charge on any atom is -0.393 e. The first-order valence-corrected chi connectivity index (χ1v) is 9.78. The number of aliphatic hydroxyl groups is 1. The third-order valence-corrected chi connectivity index (χ3v) is 8.64. The van der Waals surface area contributed by atoms with Gasteiger partial charge in [-0.25, -0.2) is 0 Å². The summed E-state index contributed by atoms with van der Waals surface area (Å²) in [5.74, 6) is 3.20. The fraction of sp³-hybridized carbons (Fsp3) is 0.857. The summed E-state index contributed by atoms with van der Waals surface area (Å²) in [6.45, 7) is 6.93. The van der Waals surface area contributed by atoms with E-state index in [1.165, 1.54) is 32.1 Å². The Morgan fingerprint density at radius 1 is 1.09 bits per heavy atom. The van der Waals surface area contributed by atoms with E-state index in [-0.39, 0.29) is 11.5 Å². The maximum atomic E-state index is 12.6. The predicted octanol–water partition coefficient (Wildman–Crippen LogP) is 4.52. The van der Waals surface area contributed by atoms with E-state index in [9.17, 15) is 9.90 Å². The summed E-state index contributed by atoms with van der Waals surface area (Å²) in [4.78, 5) is 12.6. The van der Waals surface area contributed by atoms with Gasteiger partial charge in [-0.2, -0.15) is 0 Å². The molecule has 4 saturated carbocycles. The van der Waals surface area contributed by atoms with E-state index in [2.05, 4.69) is 19.9 Å². The van der Waals surface area contributed by atoms with Crippen LogP contribution in [0.5, 0.6) is 0 Å². The molecular formula is C21H32O2. The van der Waals surface area contributed by atoms with Gasteiger partial charge in [-0.3, -0.25) is 4.79 Å². The molecule has 0 aromatic heterocycles. The number of ketones is 1. The van der Waals surface area contributed by atoms with Gasteiger partial charge in [0.15, 0.2) is 5.78 Å². The van der Waals surface area contributed by atoms with E-state index < -0.39 is 0 Å². The lowest BCUT2D eigenvalue weighted by atomic mass is 9.45. The zero-order chi connectivity index (χ0) is 16.4. The number of fused-ring (bicyclic) bond motifs is 5. The smallest absolute Gasteiger partial charge is 0.159 e. The molecule has 0 aliphatic heterocycles. The Labute approximate surface area is 140 Å². The Hall–Kier alpha value is -0.630. The molecule has 0 spiro atoms. The van der Waals surface area contributed by atoms with Crippen molar-refractivity contribution in [3.63, 3.8) is 0 Å². The summed E-state index contributed by atoms with van der Waals surface area (Å²) in [6, 6.07) is 0. The molecule has 4 aliphatic rings. The average molecular weight is 316 g/mol. The number of allylic oxidation sites excluding steroid dienone is 2. The first-order chi connectivity index (χ1) is 10.9. The van der Waals surface area contributed by atoms with Crippen LogP contribution < -0.4 is 0 Å². The van der Waals surface area contributed by atoms with Gasteiger partial charge < -0.3 is 5.11 Å². The number of carbonyl (C=O) groups excluding carboxylic acids is 1. The van der Waals surface area contributed by atoms with Gasteiger partial charge in [0.1, 0.15) is 0 Å². The molecule has 0 amide bonds. The zero-order valence-corrected chi connectivity index (χ0v) is 15.0. The van der Waals surface area contributed by atoms with Crippen molar-refractivity contribution in [2.45, 2.75) is 78.2 Å². The zero-order valence-electron chi connectivity index (χ0n) is 15.0. The third-order valence-electron chi connectivity index (χ3n) is 8.64. The van der Waals surface area contributed by atoms with Gasteiger partial charge in [-0.15, -0.1) is 0 Å². The fourth-order valence-corrected chi connectivity index (χ4v) is 7.39. The van der Waals surface area contributed by atoms with Crippen molar-refractivity contribution < 1.29 is 9.90 Å². The third kappa shape index (κ3) is 2.06. The highest BCUT2D eigenvalue weighted by Gasteiger charge is 2.60. The van der Waals surface area contributed by atoms with Gasteiger partial charge in [0.05, 0.1) is 6.10 Å². The van der Waals surface area contributed by atoms with Crippen LogP contribution in [0, 0.1) is 34.5 Å². The molecule has 0 radical (unpaired) electrons. The largest absolute Gasteiger partial charge is 0.393 e. The van der Waals surface area contributed by atoms with Gasteiger partial charge in [0.25, 0.3) is 0 Å². The second kappa shape index (κ2) is 5.18. The fourth-order valence-electron chi connectivity index (χ4n) is 7.39. The Bertz CT molecular complexity index is 550. The van der Waals surface area contributed by atoms with Crippen LogP contribution in [0.3, 0.4) is 0 Å². The van der Waals surface area contributed by atoms with Crippen LogP contribution in [0.4, 0.5) is 0 Å². The second-order valence-electron chi connectivity index (χ2n) is 9.37. The molecule has 0 saturated heterocycles.